The molecule has 15 heavy (non-hydrogen) atoms. The van der Waals surface area contributed by atoms with E-state index >= 15 is 0 Å². The fraction of sp³-hybridized carbons (Fsp3) is 0.583. The third-order valence-electron chi connectivity index (χ3n) is 3.05. The van der Waals surface area contributed by atoms with Gasteiger partial charge in [0.25, 0.3) is 0 Å². The minimum atomic E-state index is 0.702. The van der Waals surface area contributed by atoms with Crippen molar-refractivity contribution in [3.8, 4) is 0 Å². The van der Waals surface area contributed by atoms with Gasteiger partial charge in [0.1, 0.15) is 5.82 Å². The molecule has 0 bridgehead atoms. The van der Waals surface area contributed by atoms with Gasteiger partial charge in [0, 0.05) is 25.2 Å². The van der Waals surface area contributed by atoms with Crippen LogP contribution in [-0.4, -0.2) is 24.0 Å². The number of piperidine rings is 1. The summed E-state index contributed by atoms with van der Waals surface area (Å²) in [5, 5.41) is 0. The van der Waals surface area contributed by atoms with Crippen molar-refractivity contribution in [2.24, 2.45) is 5.92 Å². The summed E-state index contributed by atoms with van der Waals surface area (Å²) in [6.07, 6.45) is 4.32. The van der Waals surface area contributed by atoms with Crippen LogP contribution in [0.5, 0.6) is 0 Å². The molecule has 2 nitrogen and oxygen atoms in total. The number of pyridine rings is 1. The second-order valence-electron chi connectivity index (χ2n) is 4.28. The summed E-state index contributed by atoms with van der Waals surface area (Å²) >= 11 is 5.86. The van der Waals surface area contributed by atoms with Crippen LogP contribution in [0.2, 0.25) is 0 Å². The van der Waals surface area contributed by atoms with Crippen molar-refractivity contribution in [1.82, 2.24) is 4.98 Å². The van der Waals surface area contributed by atoms with Gasteiger partial charge < -0.3 is 4.90 Å². The van der Waals surface area contributed by atoms with Gasteiger partial charge in [0.2, 0.25) is 0 Å². The summed E-state index contributed by atoms with van der Waals surface area (Å²) in [7, 11) is 0. The largest absolute Gasteiger partial charge is 0.357 e. The molecule has 0 radical (unpaired) electrons. The zero-order chi connectivity index (χ0) is 10.7. The van der Waals surface area contributed by atoms with Gasteiger partial charge in [0.05, 0.1) is 0 Å². The molecule has 0 saturated carbocycles. The monoisotopic (exact) mass is 224 g/mol. The first kappa shape index (κ1) is 10.7. The lowest BCUT2D eigenvalue weighted by Gasteiger charge is -2.31. The molecule has 2 rings (SSSR count). The maximum atomic E-state index is 5.86. The Balaban J connectivity index is 1.98. The number of nitrogens with zero attached hydrogens (tertiary/aromatic N) is 2. The molecule has 1 aromatic heterocycles. The van der Waals surface area contributed by atoms with Gasteiger partial charge in [-0.25, -0.2) is 4.98 Å². The van der Waals surface area contributed by atoms with Gasteiger partial charge in [0.15, 0.2) is 0 Å². The van der Waals surface area contributed by atoms with Crippen LogP contribution in [-0.2, 0) is 0 Å². The SMILES string of the molecule is Cc1ccc(N2CCC(CCl)CC2)nc1. The standard InChI is InChI=1S/C12H17ClN2/c1-10-2-3-12(14-9-10)15-6-4-11(8-13)5-7-15/h2-3,9,11H,4-8H2,1H3. The first-order chi connectivity index (χ1) is 7.29. The maximum absolute atomic E-state index is 5.86. The lowest BCUT2D eigenvalue weighted by molar-refractivity contribution is 0.441. The van der Waals surface area contributed by atoms with E-state index in [0.717, 1.165) is 24.8 Å². The van der Waals surface area contributed by atoms with Crippen molar-refractivity contribution >= 4 is 17.4 Å². The van der Waals surface area contributed by atoms with Gasteiger partial charge in [-0.15, -0.1) is 11.6 Å². The second-order valence-corrected chi connectivity index (χ2v) is 4.59. The summed E-state index contributed by atoms with van der Waals surface area (Å²) in [4.78, 5) is 6.80. The molecule has 0 aromatic carbocycles. The number of hydrogen-bond acceptors (Lipinski definition) is 2. The minimum absolute atomic E-state index is 0.702. The van der Waals surface area contributed by atoms with E-state index in [2.05, 4.69) is 28.9 Å². The molecule has 1 fully saturated rings. The molecule has 0 N–H and O–H groups in total. The highest BCUT2D eigenvalue weighted by Crippen LogP contribution is 2.22. The smallest absolute Gasteiger partial charge is 0.128 e. The zero-order valence-electron chi connectivity index (χ0n) is 9.12. The summed E-state index contributed by atoms with van der Waals surface area (Å²) in [5.41, 5.74) is 1.22. The highest BCUT2D eigenvalue weighted by molar-refractivity contribution is 6.18. The number of hydrogen-bond donors (Lipinski definition) is 0. The highest BCUT2D eigenvalue weighted by atomic mass is 35.5. The molecule has 1 aliphatic rings. The Morgan fingerprint density at radius 3 is 2.67 bits per heavy atom. The molecular weight excluding hydrogens is 208 g/mol. The molecule has 3 heteroatoms. The Kier molecular flexibility index (Phi) is 3.47. The number of halogens is 1. The Morgan fingerprint density at radius 1 is 1.40 bits per heavy atom. The highest BCUT2D eigenvalue weighted by Gasteiger charge is 2.18. The third-order valence-corrected chi connectivity index (χ3v) is 3.49. The van der Waals surface area contributed by atoms with Crippen LogP contribution in [0.15, 0.2) is 18.3 Å². The van der Waals surface area contributed by atoms with E-state index in [1.165, 1.54) is 18.4 Å². The topological polar surface area (TPSA) is 16.1 Å². The summed E-state index contributed by atoms with van der Waals surface area (Å²) in [6.45, 7) is 4.25. The van der Waals surface area contributed by atoms with Crippen LogP contribution in [0.3, 0.4) is 0 Å². The Morgan fingerprint density at radius 2 is 2.13 bits per heavy atom. The Labute approximate surface area is 96.3 Å². The van der Waals surface area contributed by atoms with Crippen LogP contribution >= 0.6 is 11.6 Å². The van der Waals surface area contributed by atoms with Gasteiger partial charge in [-0.3, -0.25) is 0 Å². The molecule has 82 valence electrons. The zero-order valence-corrected chi connectivity index (χ0v) is 9.87. The lowest BCUT2D eigenvalue weighted by Crippen LogP contribution is -2.34. The average molecular weight is 225 g/mol. The Bertz CT molecular complexity index is 302. The van der Waals surface area contributed by atoms with E-state index in [9.17, 15) is 0 Å². The Hall–Kier alpha value is -0.760. The van der Waals surface area contributed by atoms with Crippen molar-refractivity contribution < 1.29 is 0 Å². The van der Waals surface area contributed by atoms with E-state index in [-0.39, 0.29) is 0 Å². The van der Waals surface area contributed by atoms with Crippen LogP contribution in [0.1, 0.15) is 18.4 Å². The molecule has 1 saturated heterocycles. The maximum Gasteiger partial charge on any atom is 0.128 e. The lowest BCUT2D eigenvalue weighted by atomic mass is 9.99. The first-order valence-corrected chi connectivity index (χ1v) is 6.06. The molecule has 1 aliphatic heterocycles. The van der Waals surface area contributed by atoms with Crippen LogP contribution in [0.25, 0.3) is 0 Å². The molecule has 0 amide bonds. The van der Waals surface area contributed by atoms with Crippen LogP contribution in [0.4, 0.5) is 5.82 Å². The fourth-order valence-electron chi connectivity index (χ4n) is 1.96. The van der Waals surface area contributed by atoms with Gasteiger partial charge in [-0.1, -0.05) is 6.07 Å². The van der Waals surface area contributed by atoms with Crippen molar-refractivity contribution in [3.63, 3.8) is 0 Å². The van der Waals surface area contributed by atoms with E-state index in [0.29, 0.717) is 5.92 Å². The number of anilines is 1. The normalized spacial score (nSPS) is 18.1. The van der Waals surface area contributed by atoms with E-state index in [1.807, 2.05) is 6.20 Å². The molecule has 0 spiro atoms. The van der Waals surface area contributed by atoms with E-state index in [1.54, 1.807) is 0 Å². The number of aromatic nitrogens is 1. The molecule has 1 aromatic rings. The predicted molar refractivity (Wildman–Crippen MR) is 64.6 cm³/mol. The summed E-state index contributed by atoms with van der Waals surface area (Å²) in [5.74, 6) is 2.61. The predicted octanol–water partition coefficient (Wildman–Crippen LogP) is 2.85. The molecule has 0 unspecified atom stereocenters. The fourth-order valence-corrected chi connectivity index (χ4v) is 2.27. The second kappa shape index (κ2) is 4.84. The quantitative estimate of drug-likeness (QED) is 0.719. The van der Waals surface area contributed by atoms with Crippen molar-refractivity contribution in [2.45, 2.75) is 19.8 Å². The third kappa shape index (κ3) is 2.63. The van der Waals surface area contributed by atoms with Crippen LogP contribution in [0, 0.1) is 12.8 Å². The van der Waals surface area contributed by atoms with E-state index < -0.39 is 0 Å². The number of rotatable bonds is 2. The first-order valence-electron chi connectivity index (χ1n) is 5.53. The molecular formula is C12H17ClN2. The average Bonchev–Trinajstić information content (AvgIpc) is 2.30. The van der Waals surface area contributed by atoms with Crippen molar-refractivity contribution in [2.75, 3.05) is 23.9 Å². The van der Waals surface area contributed by atoms with Gasteiger partial charge >= 0.3 is 0 Å². The molecule has 0 atom stereocenters. The van der Waals surface area contributed by atoms with E-state index in [4.69, 9.17) is 11.6 Å². The van der Waals surface area contributed by atoms with Gasteiger partial charge in [-0.2, -0.15) is 0 Å². The van der Waals surface area contributed by atoms with Crippen molar-refractivity contribution in [3.05, 3.63) is 23.9 Å². The van der Waals surface area contributed by atoms with Gasteiger partial charge in [-0.05, 0) is 37.3 Å². The minimum Gasteiger partial charge on any atom is -0.357 e. The van der Waals surface area contributed by atoms with Crippen molar-refractivity contribution in [1.29, 1.82) is 0 Å². The van der Waals surface area contributed by atoms with Crippen LogP contribution < -0.4 is 4.90 Å². The summed E-state index contributed by atoms with van der Waals surface area (Å²) < 4.78 is 0. The molecule has 0 aliphatic carbocycles. The molecule has 2 heterocycles. The summed E-state index contributed by atoms with van der Waals surface area (Å²) in [6, 6.07) is 4.23. The number of aryl methyl sites for hydroxylation is 1. The number of alkyl halides is 1.